The number of anilines is 1. The number of aromatic nitrogens is 1. The second-order valence-corrected chi connectivity index (χ2v) is 6.00. The Morgan fingerprint density at radius 1 is 1.08 bits per heavy atom. The van der Waals surface area contributed by atoms with Gasteiger partial charge in [-0.3, -0.25) is 4.79 Å². The first kappa shape index (κ1) is 16.2. The molecule has 1 aliphatic rings. The van der Waals surface area contributed by atoms with Crippen molar-refractivity contribution >= 4 is 23.2 Å². The summed E-state index contributed by atoms with van der Waals surface area (Å²) in [6.07, 6.45) is 1.85. The van der Waals surface area contributed by atoms with Crippen LogP contribution in [0, 0.1) is 0 Å². The smallest absolute Gasteiger partial charge is 0.256 e. The maximum absolute atomic E-state index is 12.4. The summed E-state index contributed by atoms with van der Waals surface area (Å²) in [6.45, 7) is -0.0992. The van der Waals surface area contributed by atoms with Crippen molar-refractivity contribution in [1.82, 2.24) is 4.57 Å². The molecule has 4 rings (SSSR count). The number of nitrogens with one attached hydrogen (secondary N) is 1. The molecule has 0 saturated carbocycles. The molecule has 5 nitrogen and oxygen atoms in total. The molecule has 0 radical (unpaired) electrons. The number of carbonyl (C=O) groups excluding carboxylic acids is 1. The molecule has 1 aromatic heterocycles. The molecular formula is C21H18N2O3. The Labute approximate surface area is 151 Å². The number of nitrogens with zero attached hydrogens (tertiary/aromatic N) is 1. The zero-order valence-electron chi connectivity index (χ0n) is 14.3. The Morgan fingerprint density at radius 2 is 1.85 bits per heavy atom. The third-order valence-corrected chi connectivity index (χ3v) is 4.49. The van der Waals surface area contributed by atoms with E-state index < -0.39 is 0 Å². The SMILES string of the molecule is COc1ccc(-n2c(/C=C3\C(=O)Nc4ccccc43)ccc2CO)cc1. The molecular weight excluding hydrogens is 328 g/mol. The van der Waals surface area contributed by atoms with E-state index in [2.05, 4.69) is 5.32 Å². The fourth-order valence-electron chi connectivity index (χ4n) is 3.21. The zero-order valence-corrected chi connectivity index (χ0v) is 14.3. The van der Waals surface area contributed by atoms with Crippen molar-refractivity contribution in [2.24, 2.45) is 0 Å². The van der Waals surface area contributed by atoms with Crippen LogP contribution in [-0.4, -0.2) is 22.7 Å². The van der Waals surface area contributed by atoms with E-state index in [1.54, 1.807) is 7.11 Å². The van der Waals surface area contributed by atoms with E-state index in [0.717, 1.165) is 34.1 Å². The highest BCUT2D eigenvalue weighted by Crippen LogP contribution is 2.33. The summed E-state index contributed by atoms with van der Waals surface area (Å²) >= 11 is 0. The highest BCUT2D eigenvalue weighted by atomic mass is 16.5. The average molecular weight is 346 g/mol. The second-order valence-electron chi connectivity index (χ2n) is 6.00. The van der Waals surface area contributed by atoms with Crippen LogP contribution in [0.4, 0.5) is 5.69 Å². The molecule has 0 aliphatic carbocycles. The quantitative estimate of drug-likeness (QED) is 0.711. The lowest BCUT2D eigenvalue weighted by Gasteiger charge is -2.12. The molecule has 2 N–H and O–H groups in total. The maximum atomic E-state index is 12.4. The molecule has 1 aliphatic heterocycles. The zero-order chi connectivity index (χ0) is 18.1. The van der Waals surface area contributed by atoms with Crippen LogP contribution in [0.1, 0.15) is 17.0 Å². The van der Waals surface area contributed by atoms with E-state index in [9.17, 15) is 9.90 Å². The van der Waals surface area contributed by atoms with Crippen LogP contribution in [0.15, 0.2) is 60.7 Å². The number of ether oxygens (including phenoxy) is 1. The maximum Gasteiger partial charge on any atom is 0.256 e. The van der Waals surface area contributed by atoms with E-state index in [0.29, 0.717) is 5.57 Å². The Balaban J connectivity index is 1.83. The van der Waals surface area contributed by atoms with Crippen LogP contribution in [0.5, 0.6) is 5.75 Å². The van der Waals surface area contributed by atoms with Crippen LogP contribution >= 0.6 is 0 Å². The number of methoxy groups -OCH3 is 1. The van der Waals surface area contributed by atoms with Gasteiger partial charge in [-0.15, -0.1) is 0 Å². The van der Waals surface area contributed by atoms with Crippen LogP contribution in [-0.2, 0) is 11.4 Å². The lowest BCUT2D eigenvalue weighted by atomic mass is 10.1. The van der Waals surface area contributed by atoms with Crippen LogP contribution in [0.2, 0.25) is 0 Å². The molecule has 2 aromatic carbocycles. The number of amides is 1. The number of hydrogen-bond acceptors (Lipinski definition) is 3. The number of para-hydroxylation sites is 1. The number of carbonyl (C=O) groups is 1. The topological polar surface area (TPSA) is 63.5 Å². The summed E-state index contributed by atoms with van der Waals surface area (Å²) in [6, 6.07) is 18.9. The molecule has 0 fully saturated rings. The van der Waals surface area contributed by atoms with Crippen molar-refractivity contribution < 1.29 is 14.6 Å². The van der Waals surface area contributed by atoms with Gasteiger partial charge in [-0.05, 0) is 48.5 Å². The van der Waals surface area contributed by atoms with Crippen molar-refractivity contribution in [3.05, 3.63) is 77.6 Å². The molecule has 2 heterocycles. The van der Waals surface area contributed by atoms with Gasteiger partial charge >= 0.3 is 0 Å². The van der Waals surface area contributed by atoms with E-state index in [1.165, 1.54) is 0 Å². The van der Waals surface area contributed by atoms with Crippen LogP contribution in [0.25, 0.3) is 17.3 Å². The molecule has 0 atom stereocenters. The van der Waals surface area contributed by atoms with Gasteiger partial charge in [0, 0.05) is 28.3 Å². The van der Waals surface area contributed by atoms with E-state index >= 15 is 0 Å². The third-order valence-electron chi connectivity index (χ3n) is 4.49. The van der Waals surface area contributed by atoms with Crippen molar-refractivity contribution in [3.8, 4) is 11.4 Å². The molecule has 1 amide bonds. The molecule has 130 valence electrons. The minimum absolute atomic E-state index is 0.0992. The van der Waals surface area contributed by atoms with Gasteiger partial charge in [0.15, 0.2) is 0 Å². The van der Waals surface area contributed by atoms with Gasteiger partial charge in [-0.25, -0.2) is 0 Å². The number of hydrogen-bond donors (Lipinski definition) is 2. The molecule has 0 unspecified atom stereocenters. The van der Waals surface area contributed by atoms with E-state index in [-0.39, 0.29) is 12.5 Å². The first-order chi connectivity index (χ1) is 12.7. The lowest BCUT2D eigenvalue weighted by Crippen LogP contribution is -2.05. The summed E-state index contributed by atoms with van der Waals surface area (Å²) in [5.74, 6) is 0.634. The van der Waals surface area contributed by atoms with Crippen molar-refractivity contribution in [1.29, 1.82) is 0 Å². The lowest BCUT2D eigenvalue weighted by molar-refractivity contribution is -0.110. The third kappa shape index (κ3) is 2.68. The highest BCUT2D eigenvalue weighted by Gasteiger charge is 2.24. The molecule has 3 aromatic rings. The Hall–Kier alpha value is -3.31. The summed E-state index contributed by atoms with van der Waals surface area (Å²) in [7, 11) is 1.62. The second kappa shape index (κ2) is 6.54. The number of rotatable bonds is 4. The predicted octanol–water partition coefficient (Wildman–Crippen LogP) is 3.47. The molecule has 0 bridgehead atoms. The highest BCUT2D eigenvalue weighted by molar-refractivity contribution is 6.34. The average Bonchev–Trinajstić information content (AvgIpc) is 3.23. The summed E-state index contributed by atoms with van der Waals surface area (Å²) in [5, 5.41) is 12.6. The molecule has 0 spiro atoms. The largest absolute Gasteiger partial charge is 0.497 e. The minimum atomic E-state index is -0.126. The van der Waals surface area contributed by atoms with E-state index in [4.69, 9.17) is 4.74 Å². The number of benzene rings is 2. The molecule has 5 heteroatoms. The van der Waals surface area contributed by atoms with Crippen LogP contribution in [0.3, 0.4) is 0 Å². The normalized spacial score (nSPS) is 14.4. The van der Waals surface area contributed by atoms with Crippen LogP contribution < -0.4 is 10.1 Å². The van der Waals surface area contributed by atoms with Gasteiger partial charge in [0.05, 0.1) is 19.3 Å². The van der Waals surface area contributed by atoms with Crippen molar-refractivity contribution in [2.75, 3.05) is 12.4 Å². The van der Waals surface area contributed by atoms with Gasteiger partial charge in [-0.1, -0.05) is 18.2 Å². The Morgan fingerprint density at radius 3 is 2.58 bits per heavy atom. The van der Waals surface area contributed by atoms with Gasteiger partial charge in [0.2, 0.25) is 0 Å². The monoisotopic (exact) mass is 346 g/mol. The molecule has 0 saturated heterocycles. The number of aliphatic hydroxyl groups excluding tert-OH is 1. The summed E-state index contributed by atoms with van der Waals surface area (Å²) < 4.78 is 7.14. The summed E-state index contributed by atoms with van der Waals surface area (Å²) in [5.41, 5.74) is 4.75. The fraction of sp³-hybridized carbons (Fsp3) is 0.0952. The van der Waals surface area contributed by atoms with E-state index in [1.807, 2.05) is 71.3 Å². The standard InChI is InChI=1S/C21H18N2O3/c1-26-17-10-8-14(9-11-17)23-15(6-7-16(23)13-24)12-19-18-4-2-3-5-20(18)22-21(19)25/h2-12,24H,13H2,1H3,(H,22,25)/b19-12-. The number of fused-ring (bicyclic) bond motifs is 1. The summed E-state index contributed by atoms with van der Waals surface area (Å²) in [4.78, 5) is 12.4. The van der Waals surface area contributed by atoms with Crippen molar-refractivity contribution in [3.63, 3.8) is 0 Å². The Bertz CT molecular complexity index is 1000. The minimum Gasteiger partial charge on any atom is -0.497 e. The van der Waals surface area contributed by atoms with Gasteiger partial charge < -0.3 is 19.7 Å². The van der Waals surface area contributed by atoms with Gasteiger partial charge in [-0.2, -0.15) is 0 Å². The van der Waals surface area contributed by atoms with Gasteiger partial charge in [0.1, 0.15) is 5.75 Å². The van der Waals surface area contributed by atoms with Crippen molar-refractivity contribution in [2.45, 2.75) is 6.61 Å². The number of aliphatic hydroxyl groups is 1. The first-order valence-corrected chi connectivity index (χ1v) is 8.29. The molecule has 26 heavy (non-hydrogen) atoms. The first-order valence-electron chi connectivity index (χ1n) is 8.29. The predicted molar refractivity (Wildman–Crippen MR) is 101 cm³/mol. The van der Waals surface area contributed by atoms with Gasteiger partial charge in [0.25, 0.3) is 5.91 Å². The Kier molecular flexibility index (Phi) is 4.07. The fourth-order valence-corrected chi connectivity index (χ4v) is 3.21.